The predicted octanol–water partition coefficient (Wildman–Crippen LogP) is 3.16. The van der Waals surface area contributed by atoms with Crippen LogP contribution in [0.2, 0.25) is 0 Å². The average molecular weight is 293 g/mol. The van der Waals surface area contributed by atoms with E-state index < -0.39 is 0 Å². The first-order chi connectivity index (χ1) is 10.7. The summed E-state index contributed by atoms with van der Waals surface area (Å²) in [6, 6.07) is 10.3. The number of imidazole rings is 1. The number of rotatable bonds is 2. The molecule has 0 unspecified atom stereocenters. The van der Waals surface area contributed by atoms with Gasteiger partial charge in [0.15, 0.2) is 5.65 Å². The standard InChI is InChI=1S/C16H12FN5/c1-22-9-11(14(21-22)10-5-2-3-6-12(10)17)15-19-13-7-4-8-18-16(13)20-15/h2-9H,1H3,(H,18,19,20). The van der Waals surface area contributed by atoms with Crippen LogP contribution in [0.3, 0.4) is 0 Å². The number of H-pyrrole nitrogens is 1. The number of hydrogen-bond donors (Lipinski definition) is 1. The van der Waals surface area contributed by atoms with Crippen LogP contribution in [0.4, 0.5) is 4.39 Å². The smallest absolute Gasteiger partial charge is 0.178 e. The topological polar surface area (TPSA) is 59.4 Å². The Kier molecular flexibility index (Phi) is 2.75. The third-order valence-corrected chi connectivity index (χ3v) is 3.47. The van der Waals surface area contributed by atoms with Crippen molar-refractivity contribution in [2.24, 2.45) is 7.05 Å². The minimum absolute atomic E-state index is 0.309. The molecule has 1 aromatic carbocycles. The highest BCUT2D eigenvalue weighted by atomic mass is 19.1. The zero-order valence-corrected chi connectivity index (χ0v) is 11.8. The van der Waals surface area contributed by atoms with Gasteiger partial charge in [0.25, 0.3) is 0 Å². The highest BCUT2D eigenvalue weighted by Gasteiger charge is 2.18. The molecule has 0 saturated carbocycles. The monoisotopic (exact) mass is 293 g/mol. The van der Waals surface area contributed by atoms with Crippen LogP contribution in [-0.2, 0) is 7.05 Å². The van der Waals surface area contributed by atoms with E-state index in [9.17, 15) is 4.39 Å². The molecular formula is C16H12FN5. The SMILES string of the molecule is Cn1cc(-c2nc3ncccc3[nH]2)c(-c2ccccc2F)n1. The van der Waals surface area contributed by atoms with Crippen molar-refractivity contribution in [3.05, 3.63) is 54.6 Å². The number of nitrogens with zero attached hydrogens (tertiary/aromatic N) is 4. The van der Waals surface area contributed by atoms with Crippen LogP contribution in [0.5, 0.6) is 0 Å². The fraction of sp³-hybridized carbons (Fsp3) is 0.0625. The largest absolute Gasteiger partial charge is 0.336 e. The highest BCUT2D eigenvalue weighted by molar-refractivity contribution is 5.82. The van der Waals surface area contributed by atoms with Crippen molar-refractivity contribution in [3.8, 4) is 22.6 Å². The van der Waals surface area contributed by atoms with Crippen molar-refractivity contribution in [2.75, 3.05) is 0 Å². The Morgan fingerprint density at radius 3 is 2.77 bits per heavy atom. The molecule has 108 valence electrons. The fourth-order valence-corrected chi connectivity index (χ4v) is 2.49. The van der Waals surface area contributed by atoms with Crippen molar-refractivity contribution in [3.63, 3.8) is 0 Å². The van der Waals surface area contributed by atoms with Gasteiger partial charge in [-0.2, -0.15) is 5.10 Å². The van der Waals surface area contributed by atoms with E-state index in [-0.39, 0.29) is 5.82 Å². The molecule has 4 aromatic rings. The van der Waals surface area contributed by atoms with Gasteiger partial charge in [-0.05, 0) is 24.3 Å². The van der Waals surface area contributed by atoms with E-state index in [0.29, 0.717) is 22.7 Å². The minimum atomic E-state index is -0.309. The maximum atomic E-state index is 14.1. The van der Waals surface area contributed by atoms with E-state index >= 15 is 0 Å². The summed E-state index contributed by atoms with van der Waals surface area (Å²) in [7, 11) is 1.80. The lowest BCUT2D eigenvalue weighted by atomic mass is 10.1. The Balaban J connectivity index is 1.94. The zero-order chi connectivity index (χ0) is 15.1. The zero-order valence-electron chi connectivity index (χ0n) is 11.8. The summed E-state index contributed by atoms with van der Waals surface area (Å²) < 4.78 is 15.7. The average Bonchev–Trinajstić information content (AvgIpc) is 3.10. The number of hydrogen-bond acceptors (Lipinski definition) is 3. The molecule has 0 radical (unpaired) electrons. The van der Waals surface area contributed by atoms with E-state index in [1.165, 1.54) is 6.07 Å². The number of aromatic amines is 1. The second-order valence-electron chi connectivity index (χ2n) is 5.00. The van der Waals surface area contributed by atoms with E-state index in [1.807, 2.05) is 18.3 Å². The molecule has 0 spiro atoms. The molecule has 22 heavy (non-hydrogen) atoms. The second-order valence-corrected chi connectivity index (χ2v) is 5.00. The van der Waals surface area contributed by atoms with Crippen molar-refractivity contribution < 1.29 is 4.39 Å². The van der Waals surface area contributed by atoms with Crippen LogP contribution in [0.15, 0.2) is 48.8 Å². The van der Waals surface area contributed by atoms with E-state index in [4.69, 9.17) is 0 Å². The number of aromatic nitrogens is 5. The summed E-state index contributed by atoms with van der Waals surface area (Å²) in [6.45, 7) is 0. The third-order valence-electron chi connectivity index (χ3n) is 3.47. The molecule has 0 saturated heterocycles. The number of nitrogens with one attached hydrogen (secondary N) is 1. The van der Waals surface area contributed by atoms with Crippen LogP contribution < -0.4 is 0 Å². The van der Waals surface area contributed by atoms with E-state index in [2.05, 4.69) is 20.1 Å². The Labute approximate surface area is 125 Å². The lowest BCUT2D eigenvalue weighted by Crippen LogP contribution is -1.90. The van der Waals surface area contributed by atoms with Crippen LogP contribution in [-0.4, -0.2) is 24.7 Å². The molecule has 1 N–H and O–H groups in total. The molecular weight excluding hydrogens is 281 g/mol. The van der Waals surface area contributed by atoms with Gasteiger partial charge in [0.2, 0.25) is 0 Å². The number of halogens is 1. The quantitative estimate of drug-likeness (QED) is 0.617. The minimum Gasteiger partial charge on any atom is -0.336 e. The summed E-state index contributed by atoms with van der Waals surface area (Å²) in [5, 5.41) is 4.38. The molecule has 0 bridgehead atoms. The highest BCUT2D eigenvalue weighted by Crippen LogP contribution is 2.31. The van der Waals surface area contributed by atoms with Crippen LogP contribution in [0.25, 0.3) is 33.8 Å². The van der Waals surface area contributed by atoms with Gasteiger partial charge in [-0.25, -0.2) is 14.4 Å². The van der Waals surface area contributed by atoms with Crippen molar-refractivity contribution in [1.29, 1.82) is 0 Å². The molecule has 4 rings (SSSR count). The van der Waals surface area contributed by atoms with Crippen molar-refractivity contribution >= 4 is 11.2 Å². The van der Waals surface area contributed by atoms with Crippen LogP contribution in [0, 0.1) is 5.82 Å². The van der Waals surface area contributed by atoms with Gasteiger partial charge in [-0.3, -0.25) is 4.68 Å². The summed E-state index contributed by atoms with van der Waals surface area (Å²) >= 11 is 0. The number of benzene rings is 1. The van der Waals surface area contributed by atoms with Gasteiger partial charge >= 0.3 is 0 Å². The second kappa shape index (κ2) is 4.77. The van der Waals surface area contributed by atoms with Gasteiger partial charge in [0.05, 0.1) is 11.1 Å². The molecule has 0 aliphatic rings. The molecule has 0 aliphatic heterocycles. The van der Waals surface area contributed by atoms with Crippen LogP contribution >= 0.6 is 0 Å². The first-order valence-electron chi connectivity index (χ1n) is 6.82. The molecule has 3 aromatic heterocycles. The van der Waals surface area contributed by atoms with Gasteiger partial charge < -0.3 is 4.98 Å². The molecule has 0 atom stereocenters. The fourth-order valence-electron chi connectivity index (χ4n) is 2.49. The number of fused-ring (bicyclic) bond motifs is 1. The first-order valence-corrected chi connectivity index (χ1v) is 6.82. The Morgan fingerprint density at radius 2 is 1.95 bits per heavy atom. The lowest BCUT2D eigenvalue weighted by molar-refractivity contribution is 0.630. The number of pyridine rings is 1. The van der Waals surface area contributed by atoms with E-state index in [0.717, 1.165) is 11.1 Å². The van der Waals surface area contributed by atoms with Crippen LogP contribution in [0.1, 0.15) is 0 Å². The van der Waals surface area contributed by atoms with E-state index in [1.54, 1.807) is 36.1 Å². The molecule has 3 heterocycles. The summed E-state index contributed by atoms with van der Waals surface area (Å²) in [4.78, 5) is 11.9. The first kappa shape index (κ1) is 12.7. The summed E-state index contributed by atoms with van der Waals surface area (Å²) in [5.74, 6) is 0.316. The maximum absolute atomic E-state index is 14.1. The Morgan fingerprint density at radius 1 is 1.09 bits per heavy atom. The van der Waals surface area contributed by atoms with Gasteiger partial charge in [-0.15, -0.1) is 0 Å². The summed E-state index contributed by atoms with van der Waals surface area (Å²) in [6.07, 6.45) is 3.51. The predicted molar refractivity (Wildman–Crippen MR) is 81.5 cm³/mol. The van der Waals surface area contributed by atoms with Gasteiger partial charge in [0, 0.05) is 25.0 Å². The molecule has 0 fully saturated rings. The maximum Gasteiger partial charge on any atom is 0.178 e. The van der Waals surface area contributed by atoms with Gasteiger partial charge in [-0.1, -0.05) is 12.1 Å². The molecule has 6 heteroatoms. The van der Waals surface area contributed by atoms with Crippen molar-refractivity contribution in [1.82, 2.24) is 24.7 Å². The molecule has 5 nitrogen and oxygen atoms in total. The van der Waals surface area contributed by atoms with Crippen molar-refractivity contribution in [2.45, 2.75) is 0 Å². The Bertz CT molecular complexity index is 937. The molecule has 0 aliphatic carbocycles. The number of aryl methyl sites for hydroxylation is 1. The third kappa shape index (κ3) is 1.96. The lowest BCUT2D eigenvalue weighted by Gasteiger charge is -2.01. The normalized spacial score (nSPS) is 11.2. The Hall–Kier alpha value is -3.02. The summed E-state index contributed by atoms with van der Waals surface area (Å²) in [5.41, 5.74) is 3.21. The molecule has 0 amide bonds. The van der Waals surface area contributed by atoms with Gasteiger partial charge in [0.1, 0.15) is 17.3 Å².